The van der Waals surface area contributed by atoms with E-state index in [2.05, 4.69) is 0 Å². The number of hydrogen-bond acceptors (Lipinski definition) is 3. The highest BCUT2D eigenvalue weighted by atomic mass is 32.2. The average molecular weight is 224 g/mol. The summed E-state index contributed by atoms with van der Waals surface area (Å²) in [6, 6.07) is 3.69. The molecule has 0 atom stereocenters. The minimum atomic E-state index is 0.279. The highest BCUT2D eigenvalue weighted by Gasteiger charge is 2.16. The van der Waals surface area contributed by atoms with Gasteiger partial charge in [0.15, 0.2) is 0 Å². The monoisotopic (exact) mass is 224 g/mol. The van der Waals surface area contributed by atoms with Crippen molar-refractivity contribution in [1.82, 2.24) is 0 Å². The fraction of sp³-hybridized carbons (Fsp3) is 0.583. The van der Waals surface area contributed by atoms with Crippen molar-refractivity contribution in [3.05, 3.63) is 24.2 Å². The number of furan rings is 1. The van der Waals surface area contributed by atoms with Gasteiger partial charge in [-0.25, -0.2) is 0 Å². The summed E-state index contributed by atoms with van der Waals surface area (Å²) in [5.74, 6) is 1.71. The van der Waals surface area contributed by atoms with Crippen molar-refractivity contribution in [2.75, 3.05) is 5.75 Å². The zero-order valence-electron chi connectivity index (χ0n) is 8.78. The predicted octanol–water partition coefficient (Wildman–Crippen LogP) is 3.07. The van der Waals surface area contributed by atoms with Gasteiger partial charge in [-0.3, -0.25) is 4.79 Å². The van der Waals surface area contributed by atoms with Gasteiger partial charge in [-0.2, -0.15) is 11.8 Å². The molecule has 2 nitrogen and oxygen atoms in total. The Hall–Kier alpha value is -0.700. The lowest BCUT2D eigenvalue weighted by Crippen LogP contribution is -2.08. The summed E-state index contributed by atoms with van der Waals surface area (Å²) in [6.07, 6.45) is 7.32. The molecule has 1 aromatic heterocycles. The van der Waals surface area contributed by atoms with Crippen LogP contribution in [-0.4, -0.2) is 16.8 Å². The molecule has 0 aliphatic heterocycles. The lowest BCUT2D eigenvalue weighted by molar-refractivity contribution is -0.116. The second-order valence-electron chi connectivity index (χ2n) is 4.01. The highest BCUT2D eigenvalue weighted by molar-refractivity contribution is 8.00. The van der Waals surface area contributed by atoms with Crippen molar-refractivity contribution >= 4 is 17.5 Å². The van der Waals surface area contributed by atoms with Crippen LogP contribution in [0.25, 0.3) is 0 Å². The lowest BCUT2D eigenvalue weighted by Gasteiger charge is -2.06. The van der Waals surface area contributed by atoms with Crippen LogP contribution in [0.5, 0.6) is 0 Å². The molecule has 0 bridgehead atoms. The molecule has 1 aliphatic rings. The Morgan fingerprint density at radius 2 is 2.27 bits per heavy atom. The summed E-state index contributed by atoms with van der Waals surface area (Å²) in [6.45, 7) is 0. The number of ketones is 1. The van der Waals surface area contributed by atoms with E-state index in [9.17, 15) is 4.79 Å². The van der Waals surface area contributed by atoms with E-state index in [4.69, 9.17) is 4.42 Å². The van der Waals surface area contributed by atoms with E-state index >= 15 is 0 Å². The molecule has 0 radical (unpaired) electrons. The topological polar surface area (TPSA) is 30.2 Å². The molecular formula is C12H16O2S. The number of thioether (sulfide) groups is 1. The number of hydrogen-bond donors (Lipinski definition) is 0. The molecule has 0 aromatic carbocycles. The van der Waals surface area contributed by atoms with E-state index in [1.807, 2.05) is 23.9 Å². The van der Waals surface area contributed by atoms with Crippen LogP contribution in [0.3, 0.4) is 0 Å². The molecule has 1 aromatic rings. The lowest BCUT2D eigenvalue weighted by atomic mass is 10.2. The zero-order chi connectivity index (χ0) is 10.5. The van der Waals surface area contributed by atoms with Gasteiger partial charge in [-0.15, -0.1) is 0 Å². The molecule has 0 amide bonds. The van der Waals surface area contributed by atoms with Gasteiger partial charge in [0.25, 0.3) is 0 Å². The van der Waals surface area contributed by atoms with E-state index in [0.717, 1.165) is 11.0 Å². The second-order valence-corrected chi connectivity index (χ2v) is 5.30. The first-order valence-electron chi connectivity index (χ1n) is 5.50. The van der Waals surface area contributed by atoms with Crippen LogP contribution in [0, 0.1) is 0 Å². The van der Waals surface area contributed by atoms with Crippen LogP contribution in [0.4, 0.5) is 0 Å². The number of Topliss-reactive ketones (excluding diaryl/α,β-unsaturated/α-hetero) is 1. The van der Waals surface area contributed by atoms with Crippen molar-refractivity contribution in [2.45, 2.75) is 37.4 Å². The van der Waals surface area contributed by atoms with Crippen LogP contribution in [0.2, 0.25) is 0 Å². The molecule has 15 heavy (non-hydrogen) atoms. The van der Waals surface area contributed by atoms with Crippen LogP contribution >= 0.6 is 11.8 Å². The Kier molecular flexibility index (Phi) is 3.89. The standard InChI is InChI=1S/C12H16O2S/c13-10(8-11-4-3-7-14-11)9-15-12-5-1-2-6-12/h3-4,7,12H,1-2,5-6,8-9H2. The highest BCUT2D eigenvalue weighted by Crippen LogP contribution is 2.29. The van der Waals surface area contributed by atoms with Crippen LogP contribution in [-0.2, 0) is 11.2 Å². The molecule has 3 heteroatoms. The van der Waals surface area contributed by atoms with Gasteiger partial charge in [-0.1, -0.05) is 12.8 Å². The van der Waals surface area contributed by atoms with E-state index in [1.54, 1.807) is 6.26 Å². The molecule has 0 saturated heterocycles. The van der Waals surface area contributed by atoms with E-state index < -0.39 is 0 Å². The second kappa shape index (κ2) is 5.40. The Bertz CT molecular complexity index is 299. The number of carbonyl (C=O) groups is 1. The first-order chi connectivity index (χ1) is 7.34. The van der Waals surface area contributed by atoms with Gasteiger partial charge < -0.3 is 4.42 Å². The molecule has 82 valence electrons. The SMILES string of the molecule is O=C(CSC1CCCC1)Cc1ccco1. The summed E-state index contributed by atoms with van der Waals surface area (Å²) >= 11 is 1.82. The first-order valence-corrected chi connectivity index (χ1v) is 6.55. The molecule has 1 fully saturated rings. The van der Waals surface area contributed by atoms with Gasteiger partial charge in [0.2, 0.25) is 0 Å². The summed E-state index contributed by atoms with van der Waals surface area (Å²) < 4.78 is 5.15. The molecule has 1 aliphatic carbocycles. The van der Waals surface area contributed by atoms with Crippen LogP contribution < -0.4 is 0 Å². The Morgan fingerprint density at radius 1 is 1.47 bits per heavy atom. The third-order valence-corrected chi connectivity index (χ3v) is 4.17. The molecule has 0 spiro atoms. The van der Waals surface area contributed by atoms with E-state index in [0.29, 0.717) is 12.2 Å². The van der Waals surface area contributed by atoms with Gasteiger partial charge in [0, 0.05) is 5.25 Å². The average Bonchev–Trinajstić information content (AvgIpc) is 2.86. The predicted molar refractivity (Wildman–Crippen MR) is 62.1 cm³/mol. The molecule has 0 unspecified atom stereocenters. The molecule has 0 N–H and O–H groups in total. The fourth-order valence-corrected chi connectivity index (χ4v) is 3.11. The van der Waals surface area contributed by atoms with Crippen molar-refractivity contribution in [3.8, 4) is 0 Å². The van der Waals surface area contributed by atoms with Gasteiger partial charge in [-0.05, 0) is 25.0 Å². The summed E-state index contributed by atoms with van der Waals surface area (Å²) in [4.78, 5) is 11.6. The first kappa shape index (κ1) is 10.8. The molecule has 1 heterocycles. The maximum Gasteiger partial charge on any atom is 0.150 e. The zero-order valence-corrected chi connectivity index (χ0v) is 9.59. The van der Waals surface area contributed by atoms with E-state index in [-0.39, 0.29) is 5.78 Å². The smallest absolute Gasteiger partial charge is 0.150 e. The molecule has 2 rings (SSSR count). The third-order valence-electron chi connectivity index (χ3n) is 2.73. The Morgan fingerprint density at radius 3 is 2.93 bits per heavy atom. The summed E-state index contributed by atoms with van der Waals surface area (Å²) in [5.41, 5.74) is 0. The summed E-state index contributed by atoms with van der Waals surface area (Å²) in [7, 11) is 0. The Balaban J connectivity index is 1.68. The van der Waals surface area contributed by atoms with Gasteiger partial charge >= 0.3 is 0 Å². The molecule has 1 saturated carbocycles. The van der Waals surface area contributed by atoms with Crippen molar-refractivity contribution < 1.29 is 9.21 Å². The minimum Gasteiger partial charge on any atom is -0.469 e. The quantitative estimate of drug-likeness (QED) is 0.770. The normalized spacial score (nSPS) is 17.1. The van der Waals surface area contributed by atoms with Crippen molar-refractivity contribution in [1.29, 1.82) is 0 Å². The maximum atomic E-state index is 11.6. The van der Waals surface area contributed by atoms with Crippen LogP contribution in [0.1, 0.15) is 31.4 Å². The minimum absolute atomic E-state index is 0.279. The number of carbonyl (C=O) groups excluding carboxylic acids is 1. The van der Waals surface area contributed by atoms with Crippen molar-refractivity contribution in [3.63, 3.8) is 0 Å². The van der Waals surface area contributed by atoms with Crippen molar-refractivity contribution in [2.24, 2.45) is 0 Å². The maximum absolute atomic E-state index is 11.6. The van der Waals surface area contributed by atoms with Crippen LogP contribution in [0.15, 0.2) is 22.8 Å². The third kappa shape index (κ3) is 3.42. The Labute approximate surface area is 94.4 Å². The fourth-order valence-electron chi connectivity index (χ4n) is 1.92. The van der Waals surface area contributed by atoms with E-state index in [1.165, 1.54) is 25.7 Å². The number of rotatable bonds is 5. The summed E-state index contributed by atoms with van der Waals surface area (Å²) in [5, 5.41) is 0.727. The molecular weight excluding hydrogens is 208 g/mol. The van der Waals surface area contributed by atoms with Gasteiger partial charge in [0.1, 0.15) is 11.5 Å². The largest absolute Gasteiger partial charge is 0.469 e. The van der Waals surface area contributed by atoms with Gasteiger partial charge in [0.05, 0.1) is 18.4 Å².